The first kappa shape index (κ1) is 11.2. The number of benzene rings is 1. The number of nitrogens with two attached hydrogens (primary N) is 1. The fourth-order valence-corrected chi connectivity index (χ4v) is 1.99. The van der Waals surface area contributed by atoms with Gasteiger partial charge in [-0.3, -0.25) is 0 Å². The van der Waals surface area contributed by atoms with E-state index in [1.807, 2.05) is 35.9 Å². The molecule has 4 heteroatoms. The van der Waals surface area contributed by atoms with Gasteiger partial charge in [0.05, 0.1) is 17.0 Å². The molecule has 1 aromatic carbocycles. The lowest BCUT2D eigenvalue weighted by atomic mass is 10.1. The summed E-state index contributed by atoms with van der Waals surface area (Å²) < 4.78 is 1.99. The van der Waals surface area contributed by atoms with Gasteiger partial charge < -0.3 is 10.3 Å². The number of rotatable bonds is 3. The van der Waals surface area contributed by atoms with Gasteiger partial charge in [0, 0.05) is 24.7 Å². The second-order valence-corrected chi connectivity index (χ2v) is 4.08. The van der Waals surface area contributed by atoms with E-state index < -0.39 is 0 Å². The van der Waals surface area contributed by atoms with E-state index in [0.29, 0.717) is 6.54 Å². The van der Waals surface area contributed by atoms with Crippen molar-refractivity contribution in [2.45, 2.75) is 6.42 Å². The van der Waals surface area contributed by atoms with Crippen LogP contribution in [0.2, 0.25) is 5.02 Å². The summed E-state index contributed by atoms with van der Waals surface area (Å²) in [6.07, 6.45) is 2.60. The number of nitrogens with zero attached hydrogens (tertiary/aromatic N) is 2. The maximum atomic E-state index is 6.16. The Morgan fingerprint density at radius 3 is 2.81 bits per heavy atom. The van der Waals surface area contributed by atoms with E-state index in [-0.39, 0.29) is 0 Å². The van der Waals surface area contributed by atoms with Crippen molar-refractivity contribution in [1.29, 1.82) is 0 Å². The van der Waals surface area contributed by atoms with Gasteiger partial charge in [0.1, 0.15) is 0 Å². The fourth-order valence-electron chi connectivity index (χ4n) is 1.77. The standard InChI is InChI=1S/C12H14ClN3/c1-16-8-15-12(11(16)6-7-14)9-4-2-3-5-10(9)13/h2-5,8H,6-7,14H2,1H3. The van der Waals surface area contributed by atoms with Crippen LogP contribution in [-0.2, 0) is 13.5 Å². The van der Waals surface area contributed by atoms with E-state index in [4.69, 9.17) is 17.3 Å². The maximum absolute atomic E-state index is 6.16. The first-order valence-electron chi connectivity index (χ1n) is 5.19. The lowest BCUT2D eigenvalue weighted by Gasteiger charge is -2.06. The van der Waals surface area contributed by atoms with Crippen LogP contribution in [0.25, 0.3) is 11.3 Å². The molecular weight excluding hydrogens is 222 g/mol. The minimum atomic E-state index is 0.608. The molecule has 0 spiro atoms. The highest BCUT2D eigenvalue weighted by molar-refractivity contribution is 6.33. The van der Waals surface area contributed by atoms with Crippen LogP contribution in [0.15, 0.2) is 30.6 Å². The van der Waals surface area contributed by atoms with Crippen molar-refractivity contribution in [1.82, 2.24) is 9.55 Å². The summed E-state index contributed by atoms with van der Waals surface area (Å²) in [5.41, 5.74) is 8.62. The summed E-state index contributed by atoms with van der Waals surface area (Å²) in [4.78, 5) is 4.39. The van der Waals surface area contributed by atoms with Crippen LogP contribution in [-0.4, -0.2) is 16.1 Å². The van der Waals surface area contributed by atoms with Crippen LogP contribution in [0, 0.1) is 0 Å². The van der Waals surface area contributed by atoms with Gasteiger partial charge in [-0.25, -0.2) is 4.98 Å². The first-order valence-corrected chi connectivity index (χ1v) is 5.57. The zero-order valence-electron chi connectivity index (χ0n) is 9.15. The van der Waals surface area contributed by atoms with E-state index >= 15 is 0 Å². The van der Waals surface area contributed by atoms with Crippen molar-refractivity contribution in [2.24, 2.45) is 12.8 Å². The summed E-state index contributed by atoms with van der Waals surface area (Å²) >= 11 is 6.16. The van der Waals surface area contributed by atoms with Gasteiger partial charge in [-0.2, -0.15) is 0 Å². The second-order valence-electron chi connectivity index (χ2n) is 3.67. The smallest absolute Gasteiger partial charge is 0.0953 e. The molecule has 0 unspecified atom stereocenters. The third-order valence-electron chi connectivity index (χ3n) is 2.57. The van der Waals surface area contributed by atoms with Crippen LogP contribution in [0.5, 0.6) is 0 Å². The molecule has 84 valence electrons. The molecule has 0 radical (unpaired) electrons. The Morgan fingerprint density at radius 1 is 1.38 bits per heavy atom. The normalized spacial score (nSPS) is 10.7. The molecule has 0 aliphatic heterocycles. The largest absolute Gasteiger partial charge is 0.337 e. The van der Waals surface area contributed by atoms with E-state index in [1.54, 1.807) is 6.33 Å². The molecule has 3 nitrogen and oxygen atoms in total. The number of aromatic nitrogens is 2. The van der Waals surface area contributed by atoms with Crippen molar-refractivity contribution in [2.75, 3.05) is 6.54 Å². The quantitative estimate of drug-likeness (QED) is 0.887. The van der Waals surface area contributed by atoms with Gasteiger partial charge in [-0.1, -0.05) is 29.8 Å². The molecular formula is C12H14ClN3. The van der Waals surface area contributed by atoms with Crippen molar-refractivity contribution < 1.29 is 0 Å². The predicted molar refractivity (Wildman–Crippen MR) is 66.4 cm³/mol. The van der Waals surface area contributed by atoms with Crippen molar-refractivity contribution in [3.05, 3.63) is 41.3 Å². The average molecular weight is 236 g/mol. The molecule has 2 aromatic rings. The molecule has 0 atom stereocenters. The van der Waals surface area contributed by atoms with Gasteiger partial charge in [-0.15, -0.1) is 0 Å². The van der Waals surface area contributed by atoms with E-state index in [0.717, 1.165) is 28.4 Å². The van der Waals surface area contributed by atoms with Crippen LogP contribution in [0.1, 0.15) is 5.69 Å². The summed E-state index contributed by atoms with van der Waals surface area (Å²) in [7, 11) is 1.97. The molecule has 1 aromatic heterocycles. The summed E-state index contributed by atoms with van der Waals surface area (Å²) in [6, 6.07) is 7.72. The molecule has 0 amide bonds. The Hall–Kier alpha value is -1.32. The third kappa shape index (κ3) is 1.96. The van der Waals surface area contributed by atoms with Gasteiger partial charge in [0.15, 0.2) is 0 Å². The number of halogens is 1. The maximum Gasteiger partial charge on any atom is 0.0953 e. The van der Waals surface area contributed by atoms with Crippen molar-refractivity contribution >= 4 is 11.6 Å². The minimum absolute atomic E-state index is 0.608. The number of hydrogen-bond acceptors (Lipinski definition) is 2. The summed E-state index contributed by atoms with van der Waals surface area (Å²) in [5, 5.41) is 0.722. The van der Waals surface area contributed by atoms with E-state index in [9.17, 15) is 0 Å². The number of hydrogen-bond donors (Lipinski definition) is 1. The summed E-state index contributed by atoms with van der Waals surface area (Å²) in [5.74, 6) is 0. The van der Waals surface area contributed by atoms with E-state index in [2.05, 4.69) is 4.98 Å². The first-order chi connectivity index (χ1) is 7.74. The van der Waals surface area contributed by atoms with Gasteiger partial charge in [-0.05, 0) is 12.6 Å². The second kappa shape index (κ2) is 4.68. The molecule has 0 saturated heterocycles. The fraction of sp³-hybridized carbons (Fsp3) is 0.250. The molecule has 0 saturated carbocycles. The zero-order chi connectivity index (χ0) is 11.5. The Bertz CT molecular complexity index is 491. The average Bonchev–Trinajstić information content (AvgIpc) is 2.62. The number of imidazole rings is 1. The monoisotopic (exact) mass is 235 g/mol. The molecule has 0 aliphatic rings. The molecule has 2 N–H and O–H groups in total. The highest BCUT2D eigenvalue weighted by Crippen LogP contribution is 2.28. The third-order valence-corrected chi connectivity index (χ3v) is 2.90. The minimum Gasteiger partial charge on any atom is -0.337 e. The van der Waals surface area contributed by atoms with Crippen LogP contribution < -0.4 is 5.73 Å². The Kier molecular flexibility index (Phi) is 3.27. The van der Waals surface area contributed by atoms with Gasteiger partial charge in [0.25, 0.3) is 0 Å². The SMILES string of the molecule is Cn1cnc(-c2ccccc2Cl)c1CCN. The Labute approximate surface area is 99.9 Å². The van der Waals surface area contributed by atoms with Crippen LogP contribution >= 0.6 is 11.6 Å². The molecule has 2 rings (SSSR count). The Balaban J connectivity index is 2.52. The van der Waals surface area contributed by atoms with Crippen molar-refractivity contribution in [3.63, 3.8) is 0 Å². The van der Waals surface area contributed by atoms with Gasteiger partial charge in [0.2, 0.25) is 0 Å². The Morgan fingerprint density at radius 2 is 2.12 bits per heavy atom. The summed E-state index contributed by atoms with van der Waals surface area (Å²) in [6.45, 7) is 0.608. The van der Waals surface area contributed by atoms with Crippen LogP contribution in [0.4, 0.5) is 0 Å². The highest BCUT2D eigenvalue weighted by atomic mass is 35.5. The molecule has 1 heterocycles. The molecule has 16 heavy (non-hydrogen) atoms. The molecule has 0 fully saturated rings. The lowest BCUT2D eigenvalue weighted by molar-refractivity contribution is 0.805. The predicted octanol–water partition coefficient (Wildman–Crippen LogP) is 2.24. The highest BCUT2D eigenvalue weighted by Gasteiger charge is 2.12. The van der Waals surface area contributed by atoms with E-state index in [1.165, 1.54) is 0 Å². The zero-order valence-corrected chi connectivity index (χ0v) is 9.91. The van der Waals surface area contributed by atoms with Gasteiger partial charge >= 0.3 is 0 Å². The topological polar surface area (TPSA) is 43.8 Å². The number of aryl methyl sites for hydroxylation is 1. The lowest BCUT2D eigenvalue weighted by Crippen LogP contribution is -2.07. The van der Waals surface area contributed by atoms with Crippen LogP contribution in [0.3, 0.4) is 0 Å². The molecule has 0 aliphatic carbocycles. The molecule has 0 bridgehead atoms. The van der Waals surface area contributed by atoms with Crippen molar-refractivity contribution in [3.8, 4) is 11.3 Å².